The molecule has 2 rings (SSSR count). The molecule has 1 fully saturated rings. The van der Waals surface area contributed by atoms with Crippen LogP contribution in [-0.4, -0.2) is 23.0 Å². The maximum Gasteiger partial charge on any atom is 0.0312 e. The van der Waals surface area contributed by atoms with Gasteiger partial charge < -0.3 is 0 Å². The van der Waals surface area contributed by atoms with Crippen molar-refractivity contribution >= 4 is 24.8 Å². The third-order valence-electron chi connectivity index (χ3n) is 2.58. The van der Waals surface area contributed by atoms with Crippen LogP contribution in [0.15, 0.2) is 24.5 Å². The van der Waals surface area contributed by atoms with Crippen molar-refractivity contribution in [3.63, 3.8) is 0 Å². The van der Waals surface area contributed by atoms with Crippen LogP contribution in [-0.2, 0) is 6.54 Å². The van der Waals surface area contributed by atoms with Gasteiger partial charge in [-0.15, -0.1) is 24.8 Å². The lowest BCUT2D eigenvalue weighted by atomic mass is 10.1. The highest BCUT2D eigenvalue weighted by Crippen LogP contribution is 2.11. The average molecular weight is 249 g/mol. The molecule has 4 heteroatoms. The quantitative estimate of drug-likeness (QED) is 0.801. The molecule has 0 aliphatic carbocycles. The largest absolute Gasteiger partial charge is 0.299 e. The van der Waals surface area contributed by atoms with Gasteiger partial charge in [0.2, 0.25) is 0 Å². The molecule has 0 aromatic carbocycles. The van der Waals surface area contributed by atoms with Crippen LogP contribution in [0.4, 0.5) is 0 Å². The van der Waals surface area contributed by atoms with Crippen molar-refractivity contribution in [3.05, 3.63) is 30.1 Å². The Hall–Kier alpha value is -0.310. The Bertz CT molecular complexity index is 248. The summed E-state index contributed by atoms with van der Waals surface area (Å²) < 4.78 is 0. The molecule has 1 aliphatic rings. The van der Waals surface area contributed by atoms with Crippen molar-refractivity contribution in [2.75, 3.05) is 13.1 Å². The summed E-state index contributed by atoms with van der Waals surface area (Å²) in [6, 6.07) is 4.17. The van der Waals surface area contributed by atoms with Crippen LogP contribution in [0.2, 0.25) is 0 Å². The molecule has 0 N–H and O–H groups in total. The lowest BCUT2D eigenvalue weighted by Crippen LogP contribution is -2.29. The SMILES string of the molecule is Cl.Cl.c1cncc(CN2CCCCC2)c1. The van der Waals surface area contributed by atoms with Crippen molar-refractivity contribution in [3.8, 4) is 0 Å². The summed E-state index contributed by atoms with van der Waals surface area (Å²) in [5, 5.41) is 0. The van der Waals surface area contributed by atoms with Gasteiger partial charge >= 0.3 is 0 Å². The Morgan fingerprint density at radius 1 is 1.13 bits per heavy atom. The molecule has 0 radical (unpaired) electrons. The van der Waals surface area contributed by atoms with Gasteiger partial charge in [-0.05, 0) is 37.6 Å². The fraction of sp³-hybridized carbons (Fsp3) is 0.545. The molecule has 0 spiro atoms. The van der Waals surface area contributed by atoms with E-state index in [1.54, 1.807) is 0 Å². The Morgan fingerprint density at radius 2 is 1.87 bits per heavy atom. The van der Waals surface area contributed by atoms with Crippen molar-refractivity contribution in [2.24, 2.45) is 0 Å². The summed E-state index contributed by atoms with van der Waals surface area (Å²) in [5.41, 5.74) is 1.34. The van der Waals surface area contributed by atoms with Gasteiger partial charge in [-0.25, -0.2) is 0 Å². The van der Waals surface area contributed by atoms with Crippen LogP contribution < -0.4 is 0 Å². The van der Waals surface area contributed by atoms with Gasteiger partial charge in [-0.3, -0.25) is 9.88 Å². The van der Waals surface area contributed by atoms with Crippen molar-refractivity contribution in [1.29, 1.82) is 0 Å². The fourth-order valence-electron chi connectivity index (χ4n) is 1.87. The van der Waals surface area contributed by atoms with Crippen LogP contribution in [0.25, 0.3) is 0 Å². The summed E-state index contributed by atoms with van der Waals surface area (Å²) in [7, 11) is 0. The molecule has 2 heterocycles. The lowest BCUT2D eigenvalue weighted by molar-refractivity contribution is 0.220. The highest BCUT2D eigenvalue weighted by atomic mass is 35.5. The van der Waals surface area contributed by atoms with Crippen LogP contribution in [0.1, 0.15) is 24.8 Å². The van der Waals surface area contributed by atoms with Crippen LogP contribution in [0.5, 0.6) is 0 Å². The first-order valence-corrected chi connectivity index (χ1v) is 5.06. The zero-order chi connectivity index (χ0) is 8.93. The third-order valence-corrected chi connectivity index (χ3v) is 2.58. The minimum absolute atomic E-state index is 0. The first-order chi connectivity index (χ1) is 6.45. The van der Waals surface area contributed by atoms with E-state index in [9.17, 15) is 0 Å². The molecule has 15 heavy (non-hydrogen) atoms. The van der Waals surface area contributed by atoms with Gasteiger partial charge in [0.1, 0.15) is 0 Å². The Balaban J connectivity index is 0.000000980. The first kappa shape index (κ1) is 14.7. The molecular weight excluding hydrogens is 231 g/mol. The molecule has 0 bridgehead atoms. The number of hydrogen-bond donors (Lipinski definition) is 0. The van der Waals surface area contributed by atoms with Gasteiger partial charge in [0.25, 0.3) is 0 Å². The van der Waals surface area contributed by atoms with Gasteiger partial charge in [-0.1, -0.05) is 12.5 Å². The number of nitrogens with zero attached hydrogens (tertiary/aromatic N) is 2. The summed E-state index contributed by atoms with van der Waals surface area (Å²) in [6.07, 6.45) is 7.93. The molecule has 1 aromatic rings. The second-order valence-electron chi connectivity index (χ2n) is 3.70. The highest BCUT2D eigenvalue weighted by molar-refractivity contribution is 5.85. The van der Waals surface area contributed by atoms with Crippen LogP contribution >= 0.6 is 24.8 Å². The zero-order valence-electron chi connectivity index (χ0n) is 8.76. The molecular formula is C11H18Cl2N2. The monoisotopic (exact) mass is 248 g/mol. The second-order valence-corrected chi connectivity index (χ2v) is 3.70. The summed E-state index contributed by atoms with van der Waals surface area (Å²) in [6.45, 7) is 3.59. The maximum atomic E-state index is 4.12. The average Bonchev–Trinajstić information content (AvgIpc) is 2.21. The predicted molar refractivity (Wildman–Crippen MR) is 67.9 cm³/mol. The van der Waals surface area contributed by atoms with Crippen LogP contribution in [0, 0.1) is 0 Å². The number of piperidine rings is 1. The normalized spacial score (nSPS) is 16.3. The smallest absolute Gasteiger partial charge is 0.0312 e. The lowest BCUT2D eigenvalue weighted by Gasteiger charge is -2.26. The van der Waals surface area contributed by atoms with Gasteiger partial charge in [-0.2, -0.15) is 0 Å². The van der Waals surface area contributed by atoms with E-state index in [-0.39, 0.29) is 24.8 Å². The molecule has 0 atom stereocenters. The molecule has 1 saturated heterocycles. The number of likely N-dealkylation sites (tertiary alicyclic amines) is 1. The van der Waals surface area contributed by atoms with E-state index >= 15 is 0 Å². The van der Waals surface area contributed by atoms with E-state index in [1.165, 1.54) is 37.9 Å². The Morgan fingerprint density at radius 3 is 2.47 bits per heavy atom. The van der Waals surface area contributed by atoms with Crippen LogP contribution in [0.3, 0.4) is 0 Å². The van der Waals surface area contributed by atoms with E-state index in [0.29, 0.717) is 0 Å². The van der Waals surface area contributed by atoms with Gasteiger partial charge in [0.05, 0.1) is 0 Å². The predicted octanol–water partition coefficient (Wildman–Crippen LogP) is 2.91. The topological polar surface area (TPSA) is 16.1 Å². The molecule has 0 saturated carbocycles. The fourth-order valence-corrected chi connectivity index (χ4v) is 1.87. The molecule has 0 unspecified atom stereocenters. The van der Waals surface area contributed by atoms with Gasteiger partial charge in [0.15, 0.2) is 0 Å². The van der Waals surface area contributed by atoms with E-state index < -0.39 is 0 Å². The van der Waals surface area contributed by atoms with E-state index in [2.05, 4.69) is 16.0 Å². The molecule has 1 aliphatic heterocycles. The summed E-state index contributed by atoms with van der Waals surface area (Å²) in [4.78, 5) is 6.64. The first-order valence-electron chi connectivity index (χ1n) is 5.06. The maximum absolute atomic E-state index is 4.12. The number of pyridine rings is 1. The molecule has 86 valence electrons. The second kappa shape index (κ2) is 7.91. The number of hydrogen-bond acceptors (Lipinski definition) is 2. The van der Waals surface area contributed by atoms with Crippen molar-refractivity contribution < 1.29 is 0 Å². The minimum atomic E-state index is 0. The molecule has 2 nitrogen and oxygen atoms in total. The third kappa shape index (κ3) is 4.83. The summed E-state index contributed by atoms with van der Waals surface area (Å²) in [5.74, 6) is 0. The number of aromatic nitrogens is 1. The van der Waals surface area contributed by atoms with E-state index in [0.717, 1.165) is 6.54 Å². The van der Waals surface area contributed by atoms with E-state index in [4.69, 9.17) is 0 Å². The summed E-state index contributed by atoms with van der Waals surface area (Å²) >= 11 is 0. The van der Waals surface area contributed by atoms with Crippen molar-refractivity contribution in [2.45, 2.75) is 25.8 Å². The number of halogens is 2. The number of rotatable bonds is 2. The van der Waals surface area contributed by atoms with E-state index in [1.807, 2.05) is 18.5 Å². The Labute approximate surface area is 104 Å². The van der Waals surface area contributed by atoms with Gasteiger partial charge in [0, 0.05) is 18.9 Å². The molecule has 1 aromatic heterocycles. The van der Waals surface area contributed by atoms with Crippen molar-refractivity contribution in [1.82, 2.24) is 9.88 Å². The minimum Gasteiger partial charge on any atom is -0.299 e. The highest BCUT2D eigenvalue weighted by Gasteiger charge is 2.09. The zero-order valence-corrected chi connectivity index (χ0v) is 10.4. The Kier molecular flexibility index (Phi) is 7.75. The molecule has 0 amide bonds. The standard InChI is InChI=1S/C11H16N2.2ClH/c1-2-7-13(8-3-1)10-11-5-4-6-12-9-11;;/h4-6,9H,1-3,7-8,10H2;2*1H.